The zero-order valence-electron chi connectivity index (χ0n) is 30.1. The summed E-state index contributed by atoms with van der Waals surface area (Å²) in [5.74, 6) is -4.42. The first-order valence-corrected chi connectivity index (χ1v) is 17.1. The Kier molecular flexibility index (Phi) is 17.3. The van der Waals surface area contributed by atoms with Gasteiger partial charge in [-0.1, -0.05) is 0 Å². The van der Waals surface area contributed by atoms with Gasteiger partial charge >= 0.3 is 11.9 Å². The third kappa shape index (κ3) is 11.9. The number of epoxide rings is 1. The Hall–Kier alpha value is -2.72. The van der Waals surface area contributed by atoms with E-state index in [1.807, 2.05) is 0 Å². The van der Waals surface area contributed by atoms with Crippen LogP contribution < -0.4 is 10.6 Å². The lowest BCUT2D eigenvalue weighted by atomic mass is 9.93. The van der Waals surface area contributed by atoms with Crippen molar-refractivity contribution in [3.63, 3.8) is 0 Å². The molecule has 0 aromatic rings. The number of hydrogen-bond acceptors (Lipinski definition) is 19. The lowest BCUT2D eigenvalue weighted by Crippen LogP contribution is -2.65. The molecular weight excluding hydrogens is 736 g/mol. The standard InChI is InChI=1S/C31H52N2O21/c1-10(37)17(7-35)50-29(15(32-13(4)38)9-47-31-21(42)24-25(51-24)26(54-31)28(45)46)49-12(3)22(27(43)44)52-30(16(40)6-34)53-23-19(33-14(5)39)11(2)48-18(8-36)20(23)41/h10-12,15-26,29-31,34-37,40-42H,6-9H2,1-5H3,(H,32,38)(H,33,39)(H,43,44)(H,45,46)/t10-,11?,12-,15-,16-,17?,18?,19?,20?,21?,22?,23?,24?,25?,26?,29?,30?,31?/m0/s1. The molecule has 3 aliphatic heterocycles. The Morgan fingerprint density at radius 3 is 2.02 bits per heavy atom. The minimum Gasteiger partial charge on any atom is -0.479 e. The molecule has 11 N–H and O–H groups in total. The lowest BCUT2D eigenvalue weighted by molar-refractivity contribution is -0.302. The second kappa shape index (κ2) is 20.4. The van der Waals surface area contributed by atoms with E-state index in [2.05, 4.69) is 10.6 Å². The number of ether oxygens (including phenoxy) is 8. The van der Waals surface area contributed by atoms with Gasteiger partial charge in [0.2, 0.25) is 11.8 Å². The predicted molar refractivity (Wildman–Crippen MR) is 172 cm³/mol. The number of aliphatic carboxylic acids is 2. The number of carboxylic acids is 2. The summed E-state index contributed by atoms with van der Waals surface area (Å²) in [4.78, 5) is 48.5. The van der Waals surface area contributed by atoms with Crippen LogP contribution in [0.4, 0.5) is 0 Å². The van der Waals surface area contributed by atoms with Gasteiger partial charge in [-0.05, 0) is 20.8 Å². The van der Waals surface area contributed by atoms with Crippen molar-refractivity contribution in [3.05, 3.63) is 0 Å². The van der Waals surface area contributed by atoms with Gasteiger partial charge in [0.15, 0.2) is 31.1 Å². The van der Waals surface area contributed by atoms with Crippen LogP contribution in [0.5, 0.6) is 0 Å². The summed E-state index contributed by atoms with van der Waals surface area (Å²) in [5, 5.41) is 96.5. The number of aliphatic hydroxyl groups is 7. The Bertz CT molecular complexity index is 1250. The summed E-state index contributed by atoms with van der Waals surface area (Å²) >= 11 is 0. The average molecular weight is 789 g/mol. The highest BCUT2D eigenvalue weighted by molar-refractivity contribution is 5.74. The number of carboxylic acid groups (broad SMARTS) is 2. The molecule has 0 saturated carbocycles. The first kappa shape index (κ1) is 45.7. The molecular formula is C31H52N2O21. The largest absolute Gasteiger partial charge is 0.479 e. The van der Waals surface area contributed by atoms with Crippen molar-refractivity contribution in [2.75, 3.05) is 26.4 Å². The fraction of sp³-hybridized carbons (Fsp3) is 0.871. The SMILES string of the molecule is CC(=O)NC1C(C)OC(CO)C(O)C1OC(OC(C(=O)O)[C@H](C)OC(OC(CO)[C@H](C)O)[C@H](COC1OC(C(=O)O)C2OC2C1O)NC(C)=O)[C@@H](O)CO. The number of aliphatic hydroxyl groups excluding tert-OH is 7. The van der Waals surface area contributed by atoms with E-state index in [4.69, 9.17) is 37.9 Å². The molecule has 3 saturated heterocycles. The molecule has 0 aliphatic carbocycles. The van der Waals surface area contributed by atoms with Crippen LogP contribution >= 0.6 is 0 Å². The van der Waals surface area contributed by atoms with Gasteiger partial charge in [-0.25, -0.2) is 9.59 Å². The van der Waals surface area contributed by atoms with E-state index in [9.17, 15) is 65.1 Å². The number of carbonyl (C=O) groups is 4. The van der Waals surface area contributed by atoms with E-state index < -0.39 is 160 Å². The summed E-state index contributed by atoms with van der Waals surface area (Å²) in [5.41, 5.74) is 0. The zero-order chi connectivity index (χ0) is 40.6. The first-order valence-electron chi connectivity index (χ1n) is 17.1. The summed E-state index contributed by atoms with van der Waals surface area (Å²) < 4.78 is 44.8. The Morgan fingerprint density at radius 1 is 0.833 bits per heavy atom. The molecule has 3 rings (SSSR count). The third-order valence-electron chi connectivity index (χ3n) is 8.79. The molecule has 3 fully saturated rings. The summed E-state index contributed by atoms with van der Waals surface area (Å²) in [6.45, 7) is 2.92. The number of rotatable bonds is 22. The maximum atomic E-state index is 12.6. The van der Waals surface area contributed by atoms with Crippen LogP contribution in [-0.2, 0) is 57.1 Å². The quantitative estimate of drug-likeness (QED) is 0.0359. The van der Waals surface area contributed by atoms with E-state index in [1.165, 1.54) is 13.8 Å². The van der Waals surface area contributed by atoms with Crippen LogP contribution in [0.15, 0.2) is 0 Å². The van der Waals surface area contributed by atoms with Gasteiger partial charge in [-0.2, -0.15) is 0 Å². The number of fused-ring (bicyclic) bond motifs is 1. The molecule has 14 unspecified atom stereocenters. The molecule has 0 spiro atoms. The van der Waals surface area contributed by atoms with Gasteiger partial charge in [0.05, 0.1) is 50.8 Å². The highest BCUT2D eigenvalue weighted by Gasteiger charge is 2.60. The minimum absolute atomic E-state index is 0.581. The Morgan fingerprint density at radius 2 is 1.50 bits per heavy atom. The molecule has 23 heteroatoms. The van der Waals surface area contributed by atoms with E-state index in [1.54, 1.807) is 0 Å². The van der Waals surface area contributed by atoms with Crippen molar-refractivity contribution < 1.29 is 103 Å². The van der Waals surface area contributed by atoms with Gasteiger partial charge in [-0.3, -0.25) is 9.59 Å². The van der Waals surface area contributed by atoms with Crippen LogP contribution in [-0.4, -0.2) is 206 Å². The van der Waals surface area contributed by atoms with E-state index in [0.29, 0.717) is 0 Å². The van der Waals surface area contributed by atoms with Gasteiger partial charge in [0.1, 0.15) is 54.9 Å². The monoisotopic (exact) mass is 788 g/mol. The summed E-state index contributed by atoms with van der Waals surface area (Å²) in [6.07, 6.45) is -24.1. The Balaban J connectivity index is 1.90. The summed E-state index contributed by atoms with van der Waals surface area (Å²) in [7, 11) is 0. The van der Waals surface area contributed by atoms with Gasteiger partial charge < -0.3 is 94.5 Å². The van der Waals surface area contributed by atoms with Gasteiger partial charge in [0, 0.05) is 13.8 Å². The number of nitrogens with one attached hydrogen (secondary N) is 2. The van der Waals surface area contributed by atoms with Crippen molar-refractivity contribution >= 4 is 23.8 Å². The number of hydrogen-bond donors (Lipinski definition) is 11. The molecule has 23 nitrogen and oxygen atoms in total. The average Bonchev–Trinajstić information content (AvgIpc) is 3.90. The fourth-order valence-electron chi connectivity index (χ4n) is 5.93. The predicted octanol–water partition coefficient (Wildman–Crippen LogP) is -5.89. The van der Waals surface area contributed by atoms with Crippen molar-refractivity contribution in [1.82, 2.24) is 10.6 Å². The fourth-order valence-corrected chi connectivity index (χ4v) is 5.93. The van der Waals surface area contributed by atoms with E-state index in [0.717, 1.165) is 20.8 Å². The Labute approximate surface area is 308 Å². The second-order valence-corrected chi connectivity index (χ2v) is 13.2. The minimum atomic E-state index is -2.12. The molecule has 54 heavy (non-hydrogen) atoms. The van der Waals surface area contributed by atoms with Gasteiger partial charge in [0.25, 0.3) is 0 Å². The first-order chi connectivity index (χ1) is 25.3. The van der Waals surface area contributed by atoms with Crippen LogP contribution in [0.2, 0.25) is 0 Å². The molecule has 3 aliphatic rings. The van der Waals surface area contributed by atoms with E-state index >= 15 is 0 Å². The van der Waals surface area contributed by atoms with Crippen LogP contribution in [0, 0.1) is 0 Å². The molecule has 0 aromatic heterocycles. The van der Waals surface area contributed by atoms with Gasteiger partial charge in [-0.15, -0.1) is 0 Å². The normalized spacial score (nSPS) is 33.9. The zero-order valence-corrected chi connectivity index (χ0v) is 30.1. The topological polar surface area (TPSA) is 352 Å². The molecule has 0 aromatic carbocycles. The van der Waals surface area contributed by atoms with Crippen LogP contribution in [0.1, 0.15) is 34.6 Å². The van der Waals surface area contributed by atoms with Crippen molar-refractivity contribution in [2.45, 2.75) is 145 Å². The third-order valence-corrected chi connectivity index (χ3v) is 8.79. The molecule has 3 heterocycles. The summed E-state index contributed by atoms with van der Waals surface area (Å²) in [6, 6.07) is -2.58. The molecule has 0 radical (unpaired) electrons. The molecule has 18 atom stereocenters. The maximum absolute atomic E-state index is 12.6. The number of amides is 2. The molecule has 312 valence electrons. The van der Waals surface area contributed by atoms with Crippen molar-refractivity contribution in [3.8, 4) is 0 Å². The lowest BCUT2D eigenvalue weighted by Gasteiger charge is -2.45. The van der Waals surface area contributed by atoms with Crippen molar-refractivity contribution in [1.29, 1.82) is 0 Å². The van der Waals surface area contributed by atoms with Crippen molar-refractivity contribution in [2.24, 2.45) is 0 Å². The second-order valence-electron chi connectivity index (χ2n) is 13.2. The highest BCUT2D eigenvalue weighted by Crippen LogP contribution is 2.38. The highest BCUT2D eigenvalue weighted by atomic mass is 16.8. The smallest absolute Gasteiger partial charge is 0.335 e. The molecule has 0 bridgehead atoms. The number of carbonyl (C=O) groups excluding carboxylic acids is 2. The van der Waals surface area contributed by atoms with E-state index in [-0.39, 0.29) is 0 Å². The van der Waals surface area contributed by atoms with Crippen LogP contribution in [0.25, 0.3) is 0 Å². The molecule has 2 amide bonds. The van der Waals surface area contributed by atoms with Crippen LogP contribution in [0.3, 0.4) is 0 Å². The maximum Gasteiger partial charge on any atom is 0.335 e.